The van der Waals surface area contributed by atoms with E-state index in [1.807, 2.05) is 20.8 Å². The summed E-state index contributed by atoms with van der Waals surface area (Å²) in [6.45, 7) is 5.62. The maximum atomic E-state index is 11.7. The van der Waals surface area contributed by atoms with Gasteiger partial charge in [0.05, 0.1) is 5.56 Å². The van der Waals surface area contributed by atoms with E-state index in [0.717, 1.165) is 0 Å². The van der Waals surface area contributed by atoms with Crippen LogP contribution in [0.3, 0.4) is 0 Å². The molecule has 1 N–H and O–H groups in total. The Morgan fingerprint density at radius 3 is 2.58 bits per heavy atom. The summed E-state index contributed by atoms with van der Waals surface area (Å²) in [5, 5.41) is 3.21. The van der Waals surface area contributed by atoms with Crippen molar-refractivity contribution in [3.8, 4) is 0 Å². The molecule has 1 amide bonds. The Balaban J connectivity index is 2.44. The quantitative estimate of drug-likeness (QED) is 0.845. The third kappa shape index (κ3) is 5.30. The molecular formula is C14H18ClNO3. The highest BCUT2D eigenvalue weighted by molar-refractivity contribution is 6.30. The summed E-state index contributed by atoms with van der Waals surface area (Å²) in [6, 6.07) is 6.44. The Kier molecular flexibility index (Phi) is 5.83. The summed E-state index contributed by atoms with van der Waals surface area (Å²) in [4.78, 5) is 23.2. The predicted molar refractivity (Wildman–Crippen MR) is 74.2 cm³/mol. The van der Waals surface area contributed by atoms with Gasteiger partial charge < -0.3 is 10.1 Å². The van der Waals surface area contributed by atoms with Crippen LogP contribution in [0.1, 0.15) is 31.1 Å². The fourth-order valence-electron chi connectivity index (χ4n) is 1.29. The molecule has 0 aromatic heterocycles. The van der Waals surface area contributed by atoms with E-state index in [1.165, 1.54) is 6.07 Å². The molecule has 0 bridgehead atoms. The highest BCUT2D eigenvalue weighted by Gasteiger charge is 2.13. The molecule has 5 heteroatoms. The van der Waals surface area contributed by atoms with E-state index in [1.54, 1.807) is 18.2 Å². The summed E-state index contributed by atoms with van der Waals surface area (Å²) in [5.41, 5.74) is 0.331. The first-order chi connectivity index (χ1) is 8.90. The van der Waals surface area contributed by atoms with Crippen LogP contribution in [0.25, 0.3) is 0 Å². The molecule has 0 aliphatic rings. The largest absolute Gasteiger partial charge is 0.452 e. The minimum absolute atomic E-state index is 0.0392. The van der Waals surface area contributed by atoms with Crippen LogP contribution in [0.4, 0.5) is 0 Å². The number of halogens is 1. The summed E-state index contributed by atoms with van der Waals surface area (Å²) in [5.74, 6) is -0.543. The van der Waals surface area contributed by atoms with Crippen LogP contribution in [0.2, 0.25) is 5.02 Å². The van der Waals surface area contributed by atoms with Crippen molar-refractivity contribution in [1.82, 2.24) is 5.32 Å². The zero-order valence-corrected chi connectivity index (χ0v) is 12.0. The highest BCUT2D eigenvalue weighted by atomic mass is 35.5. The number of ether oxygens (including phenoxy) is 1. The fourth-order valence-corrected chi connectivity index (χ4v) is 1.48. The number of benzene rings is 1. The molecule has 0 spiro atoms. The molecule has 0 fully saturated rings. The zero-order chi connectivity index (χ0) is 14.4. The van der Waals surface area contributed by atoms with Crippen LogP contribution in [0, 0.1) is 5.92 Å². The first-order valence-electron chi connectivity index (χ1n) is 6.12. The van der Waals surface area contributed by atoms with Crippen molar-refractivity contribution in [3.63, 3.8) is 0 Å². The van der Waals surface area contributed by atoms with Gasteiger partial charge in [0.2, 0.25) is 0 Å². The summed E-state index contributed by atoms with van der Waals surface area (Å²) < 4.78 is 4.92. The van der Waals surface area contributed by atoms with Crippen molar-refractivity contribution in [2.75, 3.05) is 6.61 Å². The Bertz CT molecular complexity index is 460. The van der Waals surface area contributed by atoms with E-state index in [-0.39, 0.29) is 18.6 Å². The molecule has 1 rings (SSSR count). The van der Waals surface area contributed by atoms with Crippen LogP contribution < -0.4 is 5.32 Å². The lowest BCUT2D eigenvalue weighted by molar-refractivity contribution is -0.125. The van der Waals surface area contributed by atoms with Crippen LogP contribution in [0.15, 0.2) is 24.3 Å². The molecule has 0 aliphatic heterocycles. The molecule has 0 aliphatic carbocycles. The van der Waals surface area contributed by atoms with Gasteiger partial charge in [-0.1, -0.05) is 31.5 Å². The third-order valence-electron chi connectivity index (χ3n) is 2.78. The van der Waals surface area contributed by atoms with Crippen molar-refractivity contribution < 1.29 is 14.3 Å². The smallest absolute Gasteiger partial charge is 0.338 e. The van der Waals surface area contributed by atoms with Crippen LogP contribution in [-0.2, 0) is 9.53 Å². The second-order valence-corrected chi connectivity index (χ2v) is 5.12. The standard InChI is InChI=1S/C14H18ClNO3/c1-9(2)10(3)16-13(17)8-19-14(18)11-5-4-6-12(15)7-11/h4-7,9-10H,8H2,1-3H3,(H,16,17). The average Bonchev–Trinajstić information content (AvgIpc) is 2.35. The minimum Gasteiger partial charge on any atom is -0.452 e. The molecule has 0 saturated carbocycles. The van der Waals surface area contributed by atoms with Gasteiger partial charge in [0.1, 0.15) is 0 Å². The number of amides is 1. The number of carbonyl (C=O) groups is 2. The molecule has 0 heterocycles. The van der Waals surface area contributed by atoms with Crippen molar-refractivity contribution in [3.05, 3.63) is 34.9 Å². The van der Waals surface area contributed by atoms with E-state index >= 15 is 0 Å². The average molecular weight is 284 g/mol. The summed E-state index contributed by atoms with van der Waals surface area (Å²) in [6.07, 6.45) is 0. The molecular weight excluding hydrogens is 266 g/mol. The topological polar surface area (TPSA) is 55.4 Å². The minimum atomic E-state index is -0.560. The van der Waals surface area contributed by atoms with Gasteiger partial charge >= 0.3 is 5.97 Å². The van der Waals surface area contributed by atoms with E-state index in [0.29, 0.717) is 16.5 Å². The van der Waals surface area contributed by atoms with Gasteiger partial charge in [-0.25, -0.2) is 4.79 Å². The molecule has 1 aromatic carbocycles. The van der Waals surface area contributed by atoms with Crippen LogP contribution in [-0.4, -0.2) is 24.5 Å². The Morgan fingerprint density at radius 1 is 1.32 bits per heavy atom. The number of esters is 1. The zero-order valence-electron chi connectivity index (χ0n) is 11.3. The number of rotatable bonds is 5. The lowest BCUT2D eigenvalue weighted by atomic mass is 10.1. The van der Waals surface area contributed by atoms with Crippen molar-refractivity contribution >= 4 is 23.5 Å². The van der Waals surface area contributed by atoms with Crippen molar-refractivity contribution in [2.24, 2.45) is 5.92 Å². The van der Waals surface area contributed by atoms with Gasteiger partial charge in [-0.2, -0.15) is 0 Å². The molecule has 1 unspecified atom stereocenters. The van der Waals surface area contributed by atoms with E-state index in [4.69, 9.17) is 16.3 Å². The number of nitrogens with one attached hydrogen (secondary N) is 1. The second-order valence-electron chi connectivity index (χ2n) is 4.69. The first-order valence-corrected chi connectivity index (χ1v) is 6.50. The van der Waals surface area contributed by atoms with Gasteiger partial charge in [0.15, 0.2) is 6.61 Å². The third-order valence-corrected chi connectivity index (χ3v) is 3.02. The molecule has 1 aromatic rings. The number of hydrogen-bond acceptors (Lipinski definition) is 3. The van der Waals surface area contributed by atoms with Crippen molar-refractivity contribution in [1.29, 1.82) is 0 Å². The monoisotopic (exact) mass is 283 g/mol. The van der Waals surface area contributed by atoms with Gasteiger partial charge in [-0.05, 0) is 31.0 Å². The second kappa shape index (κ2) is 7.14. The van der Waals surface area contributed by atoms with Crippen LogP contribution >= 0.6 is 11.6 Å². The Hall–Kier alpha value is -1.55. The summed E-state index contributed by atoms with van der Waals surface area (Å²) >= 11 is 5.77. The number of hydrogen-bond donors (Lipinski definition) is 1. The van der Waals surface area contributed by atoms with E-state index in [2.05, 4.69) is 5.32 Å². The van der Waals surface area contributed by atoms with Gasteiger partial charge in [-0.15, -0.1) is 0 Å². The summed E-state index contributed by atoms with van der Waals surface area (Å²) in [7, 11) is 0. The molecule has 4 nitrogen and oxygen atoms in total. The van der Waals surface area contributed by atoms with Gasteiger partial charge in [0, 0.05) is 11.1 Å². The lowest BCUT2D eigenvalue weighted by Crippen LogP contribution is -2.38. The van der Waals surface area contributed by atoms with E-state index < -0.39 is 5.97 Å². The highest BCUT2D eigenvalue weighted by Crippen LogP contribution is 2.11. The molecule has 0 radical (unpaired) electrons. The van der Waals surface area contributed by atoms with Crippen molar-refractivity contribution in [2.45, 2.75) is 26.8 Å². The lowest BCUT2D eigenvalue weighted by Gasteiger charge is -2.17. The normalized spacial score (nSPS) is 12.1. The Labute approximate surface area is 118 Å². The molecule has 19 heavy (non-hydrogen) atoms. The van der Waals surface area contributed by atoms with Gasteiger partial charge in [0.25, 0.3) is 5.91 Å². The van der Waals surface area contributed by atoms with Crippen LogP contribution in [0.5, 0.6) is 0 Å². The van der Waals surface area contributed by atoms with E-state index in [9.17, 15) is 9.59 Å². The fraction of sp³-hybridized carbons (Fsp3) is 0.429. The maximum Gasteiger partial charge on any atom is 0.338 e. The maximum absolute atomic E-state index is 11.7. The molecule has 1 atom stereocenters. The predicted octanol–water partition coefficient (Wildman–Crippen LogP) is 2.66. The first kappa shape index (κ1) is 15.5. The number of carbonyl (C=O) groups excluding carboxylic acids is 2. The SMILES string of the molecule is CC(C)C(C)NC(=O)COC(=O)c1cccc(Cl)c1. The Morgan fingerprint density at radius 2 is 2.00 bits per heavy atom. The van der Waals surface area contributed by atoms with Gasteiger partial charge in [-0.3, -0.25) is 4.79 Å². The molecule has 104 valence electrons. The molecule has 0 saturated heterocycles.